The Balaban J connectivity index is 2.12. The van der Waals surface area contributed by atoms with Crippen molar-refractivity contribution >= 4 is 10.8 Å². The second-order valence-corrected chi connectivity index (χ2v) is 5.33. The SMILES string of the molecule is CC(O)(c1cccc(C#N)c1)c1ccc2ccccc2c1. The molecule has 0 aromatic heterocycles. The summed E-state index contributed by atoms with van der Waals surface area (Å²) in [6.45, 7) is 1.76. The third-order valence-electron chi connectivity index (χ3n) is 3.87. The highest BCUT2D eigenvalue weighted by molar-refractivity contribution is 5.83. The molecule has 0 spiro atoms. The number of rotatable bonds is 2. The van der Waals surface area contributed by atoms with Crippen LogP contribution in [0.3, 0.4) is 0 Å². The Kier molecular flexibility index (Phi) is 3.21. The first-order chi connectivity index (χ1) is 10.1. The monoisotopic (exact) mass is 273 g/mol. The van der Waals surface area contributed by atoms with Gasteiger partial charge in [-0.2, -0.15) is 5.26 Å². The minimum absolute atomic E-state index is 0.550. The van der Waals surface area contributed by atoms with E-state index in [2.05, 4.69) is 6.07 Å². The summed E-state index contributed by atoms with van der Waals surface area (Å²) >= 11 is 0. The average Bonchev–Trinajstić information content (AvgIpc) is 2.54. The summed E-state index contributed by atoms with van der Waals surface area (Å²) in [7, 11) is 0. The van der Waals surface area contributed by atoms with Crippen LogP contribution in [0.2, 0.25) is 0 Å². The van der Waals surface area contributed by atoms with E-state index in [9.17, 15) is 5.11 Å². The fourth-order valence-electron chi connectivity index (χ4n) is 2.55. The minimum Gasteiger partial charge on any atom is -0.381 e. The summed E-state index contributed by atoms with van der Waals surface area (Å²) in [5, 5.41) is 22.2. The Labute approximate surface area is 123 Å². The van der Waals surface area contributed by atoms with Crippen molar-refractivity contribution in [3.8, 4) is 6.07 Å². The van der Waals surface area contributed by atoms with Crippen LogP contribution < -0.4 is 0 Å². The molecular weight excluding hydrogens is 258 g/mol. The van der Waals surface area contributed by atoms with Gasteiger partial charge in [-0.25, -0.2) is 0 Å². The van der Waals surface area contributed by atoms with Gasteiger partial charge in [0.05, 0.1) is 11.6 Å². The Morgan fingerprint density at radius 3 is 2.33 bits per heavy atom. The van der Waals surface area contributed by atoms with E-state index in [-0.39, 0.29) is 0 Å². The fraction of sp³-hybridized carbons (Fsp3) is 0.105. The van der Waals surface area contributed by atoms with E-state index < -0.39 is 5.60 Å². The van der Waals surface area contributed by atoms with Crippen molar-refractivity contribution in [1.82, 2.24) is 0 Å². The largest absolute Gasteiger partial charge is 0.381 e. The van der Waals surface area contributed by atoms with E-state index in [1.54, 1.807) is 25.1 Å². The summed E-state index contributed by atoms with van der Waals surface area (Å²) in [6, 6.07) is 23.2. The van der Waals surface area contributed by atoms with Crippen LogP contribution in [-0.4, -0.2) is 5.11 Å². The van der Waals surface area contributed by atoms with E-state index >= 15 is 0 Å². The fourth-order valence-corrected chi connectivity index (χ4v) is 2.55. The average molecular weight is 273 g/mol. The van der Waals surface area contributed by atoms with Crippen molar-refractivity contribution in [1.29, 1.82) is 5.26 Å². The molecule has 102 valence electrons. The van der Waals surface area contributed by atoms with Crippen LogP contribution in [0.5, 0.6) is 0 Å². The van der Waals surface area contributed by atoms with E-state index in [1.807, 2.05) is 48.5 Å². The Morgan fingerprint density at radius 1 is 0.857 bits per heavy atom. The molecule has 0 radical (unpaired) electrons. The van der Waals surface area contributed by atoms with Crippen molar-refractivity contribution in [2.24, 2.45) is 0 Å². The molecule has 1 unspecified atom stereocenters. The number of hydrogen-bond acceptors (Lipinski definition) is 2. The molecule has 0 heterocycles. The third-order valence-corrected chi connectivity index (χ3v) is 3.87. The molecule has 0 aliphatic carbocycles. The Hall–Kier alpha value is -2.63. The predicted octanol–water partition coefficient (Wildman–Crippen LogP) is 3.97. The smallest absolute Gasteiger partial charge is 0.112 e. The molecule has 3 aromatic rings. The van der Waals surface area contributed by atoms with Gasteiger partial charge in [-0.15, -0.1) is 0 Å². The van der Waals surface area contributed by atoms with Crippen LogP contribution >= 0.6 is 0 Å². The first-order valence-electron chi connectivity index (χ1n) is 6.83. The molecule has 0 aliphatic heterocycles. The van der Waals surface area contributed by atoms with E-state index in [4.69, 9.17) is 5.26 Å². The lowest BCUT2D eigenvalue weighted by Gasteiger charge is -2.25. The van der Waals surface area contributed by atoms with Gasteiger partial charge in [0.1, 0.15) is 5.60 Å². The van der Waals surface area contributed by atoms with Crippen molar-refractivity contribution in [3.63, 3.8) is 0 Å². The maximum atomic E-state index is 10.9. The van der Waals surface area contributed by atoms with Crippen LogP contribution in [0.4, 0.5) is 0 Å². The first kappa shape index (κ1) is 13.4. The summed E-state index contributed by atoms with van der Waals surface area (Å²) in [4.78, 5) is 0. The number of nitriles is 1. The quantitative estimate of drug-likeness (QED) is 0.768. The number of nitrogens with zero attached hydrogens (tertiary/aromatic N) is 1. The van der Waals surface area contributed by atoms with Crippen molar-refractivity contribution < 1.29 is 5.11 Å². The molecule has 1 N–H and O–H groups in total. The molecule has 21 heavy (non-hydrogen) atoms. The molecule has 0 aliphatic rings. The molecule has 0 bridgehead atoms. The molecule has 1 atom stereocenters. The van der Waals surface area contributed by atoms with E-state index in [1.165, 1.54) is 0 Å². The molecule has 3 rings (SSSR count). The molecule has 0 saturated carbocycles. The highest BCUT2D eigenvalue weighted by Gasteiger charge is 2.26. The van der Waals surface area contributed by atoms with Gasteiger partial charge in [-0.1, -0.05) is 48.5 Å². The number of fused-ring (bicyclic) bond motifs is 1. The molecule has 0 fully saturated rings. The first-order valence-corrected chi connectivity index (χ1v) is 6.83. The predicted molar refractivity (Wildman–Crippen MR) is 83.8 cm³/mol. The van der Waals surface area contributed by atoms with Crippen molar-refractivity contribution in [2.45, 2.75) is 12.5 Å². The van der Waals surface area contributed by atoms with Gasteiger partial charge in [-0.05, 0) is 47.0 Å². The minimum atomic E-state index is -1.13. The van der Waals surface area contributed by atoms with E-state index in [0.29, 0.717) is 5.56 Å². The highest BCUT2D eigenvalue weighted by Crippen LogP contribution is 2.31. The third kappa shape index (κ3) is 2.40. The topological polar surface area (TPSA) is 44.0 Å². The summed E-state index contributed by atoms with van der Waals surface area (Å²) in [6.07, 6.45) is 0. The number of benzene rings is 3. The van der Waals surface area contributed by atoms with Gasteiger partial charge in [0.25, 0.3) is 0 Å². The van der Waals surface area contributed by atoms with Gasteiger partial charge in [-0.3, -0.25) is 0 Å². The molecule has 2 heteroatoms. The van der Waals surface area contributed by atoms with E-state index in [0.717, 1.165) is 21.9 Å². The molecule has 2 nitrogen and oxygen atoms in total. The van der Waals surface area contributed by atoms with Crippen LogP contribution in [0.1, 0.15) is 23.6 Å². The highest BCUT2D eigenvalue weighted by atomic mass is 16.3. The van der Waals surface area contributed by atoms with Gasteiger partial charge in [0, 0.05) is 0 Å². The summed E-state index contributed by atoms with van der Waals surface area (Å²) in [5.41, 5.74) is 0.957. The van der Waals surface area contributed by atoms with Gasteiger partial charge >= 0.3 is 0 Å². The lowest BCUT2D eigenvalue weighted by Crippen LogP contribution is -2.22. The zero-order valence-electron chi connectivity index (χ0n) is 11.7. The summed E-state index contributed by atoms with van der Waals surface area (Å²) < 4.78 is 0. The normalized spacial score (nSPS) is 13.6. The standard InChI is InChI=1S/C19H15NO/c1-19(21,17-8-4-5-14(11-17)13-20)18-10-9-15-6-2-3-7-16(15)12-18/h2-12,21H,1H3. The molecule has 0 amide bonds. The molecular formula is C19H15NO. The van der Waals surface area contributed by atoms with Crippen molar-refractivity contribution in [3.05, 3.63) is 83.4 Å². The Morgan fingerprint density at radius 2 is 1.57 bits per heavy atom. The van der Waals surface area contributed by atoms with Gasteiger partial charge in [0.2, 0.25) is 0 Å². The lowest BCUT2D eigenvalue weighted by molar-refractivity contribution is 0.102. The van der Waals surface area contributed by atoms with Crippen LogP contribution in [0.25, 0.3) is 10.8 Å². The second kappa shape index (κ2) is 5.05. The lowest BCUT2D eigenvalue weighted by atomic mass is 9.86. The zero-order chi connectivity index (χ0) is 14.9. The Bertz CT molecular complexity index is 843. The summed E-state index contributed by atoms with van der Waals surface area (Å²) in [5.74, 6) is 0. The maximum absolute atomic E-state index is 10.9. The molecule has 0 saturated heterocycles. The van der Waals surface area contributed by atoms with Crippen LogP contribution in [0.15, 0.2) is 66.7 Å². The maximum Gasteiger partial charge on any atom is 0.112 e. The van der Waals surface area contributed by atoms with Gasteiger partial charge < -0.3 is 5.11 Å². The second-order valence-electron chi connectivity index (χ2n) is 5.33. The van der Waals surface area contributed by atoms with Crippen LogP contribution in [0, 0.1) is 11.3 Å². The van der Waals surface area contributed by atoms with Crippen molar-refractivity contribution in [2.75, 3.05) is 0 Å². The van der Waals surface area contributed by atoms with Gasteiger partial charge in [0.15, 0.2) is 0 Å². The number of aliphatic hydroxyl groups is 1. The van der Waals surface area contributed by atoms with Crippen LogP contribution in [-0.2, 0) is 5.60 Å². The number of hydrogen-bond donors (Lipinski definition) is 1. The zero-order valence-corrected chi connectivity index (χ0v) is 11.7. The molecule has 3 aromatic carbocycles.